The predicted octanol–water partition coefficient (Wildman–Crippen LogP) is 3.05. The summed E-state index contributed by atoms with van der Waals surface area (Å²) >= 11 is 0. The Balaban J connectivity index is 1.65. The molecule has 1 fully saturated rings. The third kappa shape index (κ3) is 4.23. The van der Waals surface area contributed by atoms with Crippen LogP contribution in [0.15, 0.2) is 40.0 Å². The first-order valence-electron chi connectivity index (χ1n) is 10.5. The highest BCUT2D eigenvalue weighted by Gasteiger charge is 2.39. The molecule has 1 atom stereocenters. The Morgan fingerprint density at radius 3 is 2.68 bits per heavy atom. The van der Waals surface area contributed by atoms with Gasteiger partial charge < -0.3 is 20.1 Å². The van der Waals surface area contributed by atoms with E-state index in [2.05, 4.69) is 10.1 Å². The Morgan fingerprint density at radius 2 is 2.06 bits per heavy atom. The summed E-state index contributed by atoms with van der Waals surface area (Å²) in [5, 5.41) is 3.85. The summed E-state index contributed by atoms with van der Waals surface area (Å²) in [6.45, 7) is 6.20. The average Bonchev–Trinajstić information content (AvgIpc) is 3.51. The summed E-state index contributed by atoms with van der Waals surface area (Å²) in [5.74, 6) is 0.839. The fourth-order valence-electron chi connectivity index (χ4n) is 3.98. The zero-order valence-corrected chi connectivity index (χ0v) is 18.0. The van der Waals surface area contributed by atoms with Gasteiger partial charge in [-0.05, 0) is 44.4 Å². The monoisotopic (exact) mass is 421 g/mol. The van der Waals surface area contributed by atoms with Gasteiger partial charge in [0.1, 0.15) is 0 Å². The first-order valence-corrected chi connectivity index (χ1v) is 10.5. The number of nitrogens with zero attached hydrogens (tertiary/aromatic N) is 4. The molecule has 162 valence electrons. The highest BCUT2D eigenvalue weighted by atomic mass is 16.5. The molecule has 0 spiro atoms. The molecule has 2 heterocycles. The van der Waals surface area contributed by atoms with Crippen molar-refractivity contribution in [1.82, 2.24) is 5.16 Å². The average molecular weight is 422 g/mol. The highest BCUT2D eigenvalue weighted by molar-refractivity contribution is 6.11. The molecular formula is C23H27N5O3. The van der Waals surface area contributed by atoms with Crippen LogP contribution >= 0.6 is 0 Å². The Kier molecular flexibility index (Phi) is 5.63. The van der Waals surface area contributed by atoms with Gasteiger partial charge in [-0.25, -0.2) is 0 Å². The van der Waals surface area contributed by atoms with E-state index in [1.165, 1.54) is 6.20 Å². The van der Waals surface area contributed by atoms with Crippen molar-refractivity contribution in [2.75, 3.05) is 16.3 Å². The maximum atomic E-state index is 13.0. The fraction of sp³-hybridized carbons (Fsp3) is 0.391. The fourth-order valence-corrected chi connectivity index (χ4v) is 3.98. The number of nitrogens with two attached hydrogens (primary N) is 1. The Hall–Kier alpha value is -3.42. The first kappa shape index (κ1) is 20.8. The standard InChI is InChI=1S/C23H27N5O3/c1-14-8-20(31-26-14)12-25-11-19(10-24)18-6-7-21-22(9-18)27(23(30)17-4-5-17)13-15(2)28(21)16(3)29/h6-11,15,17H,4-5,12-13,24H2,1-3H3. The van der Waals surface area contributed by atoms with Crippen molar-refractivity contribution >= 4 is 35.0 Å². The molecule has 4 rings (SSSR count). The Bertz CT molecular complexity index is 1070. The van der Waals surface area contributed by atoms with E-state index in [0.29, 0.717) is 24.4 Å². The van der Waals surface area contributed by atoms with Gasteiger partial charge in [-0.3, -0.25) is 14.6 Å². The number of fused-ring (bicyclic) bond motifs is 1. The molecule has 1 aromatic carbocycles. The molecule has 2 aromatic rings. The van der Waals surface area contributed by atoms with Crippen LogP contribution in [0.3, 0.4) is 0 Å². The molecule has 1 saturated carbocycles. The number of amides is 2. The molecule has 1 aromatic heterocycles. The maximum absolute atomic E-state index is 13.0. The molecule has 8 heteroatoms. The van der Waals surface area contributed by atoms with Crippen LogP contribution in [0.25, 0.3) is 5.57 Å². The summed E-state index contributed by atoms with van der Waals surface area (Å²) in [4.78, 5) is 33.3. The summed E-state index contributed by atoms with van der Waals surface area (Å²) < 4.78 is 5.18. The lowest BCUT2D eigenvalue weighted by Crippen LogP contribution is -2.51. The van der Waals surface area contributed by atoms with Crippen molar-refractivity contribution in [1.29, 1.82) is 0 Å². The minimum absolute atomic E-state index is 0.0430. The van der Waals surface area contributed by atoms with Crippen LogP contribution < -0.4 is 15.5 Å². The lowest BCUT2D eigenvalue weighted by molar-refractivity contribution is -0.120. The number of aryl methyl sites for hydroxylation is 1. The van der Waals surface area contributed by atoms with E-state index >= 15 is 0 Å². The third-order valence-corrected chi connectivity index (χ3v) is 5.61. The number of hydrogen-bond acceptors (Lipinski definition) is 6. The zero-order valence-electron chi connectivity index (χ0n) is 18.0. The molecule has 1 aliphatic heterocycles. The third-order valence-electron chi connectivity index (χ3n) is 5.61. The minimum Gasteiger partial charge on any atom is -0.404 e. The molecule has 8 nitrogen and oxygen atoms in total. The van der Waals surface area contributed by atoms with E-state index in [1.54, 1.807) is 18.0 Å². The lowest BCUT2D eigenvalue weighted by atomic mass is 10.0. The number of allylic oxidation sites excluding steroid dienone is 1. The predicted molar refractivity (Wildman–Crippen MR) is 120 cm³/mol. The van der Waals surface area contributed by atoms with Crippen molar-refractivity contribution in [2.45, 2.75) is 46.2 Å². The van der Waals surface area contributed by atoms with Gasteiger partial charge in [0.15, 0.2) is 5.76 Å². The topological polar surface area (TPSA) is 105 Å². The van der Waals surface area contributed by atoms with Crippen LogP contribution in [0.4, 0.5) is 11.4 Å². The summed E-state index contributed by atoms with van der Waals surface area (Å²) in [6.07, 6.45) is 5.02. The number of carbonyl (C=O) groups excluding carboxylic acids is 2. The van der Waals surface area contributed by atoms with Gasteiger partial charge in [-0.2, -0.15) is 0 Å². The van der Waals surface area contributed by atoms with Crippen molar-refractivity contribution < 1.29 is 14.1 Å². The first-order chi connectivity index (χ1) is 14.9. The largest absolute Gasteiger partial charge is 0.404 e. The Labute approximate surface area is 181 Å². The Morgan fingerprint density at radius 1 is 1.29 bits per heavy atom. The van der Waals surface area contributed by atoms with Gasteiger partial charge >= 0.3 is 0 Å². The van der Waals surface area contributed by atoms with Crippen LogP contribution in [0.5, 0.6) is 0 Å². The van der Waals surface area contributed by atoms with Gasteiger partial charge in [-0.15, -0.1) is 0 Å². The minimum atomic E-state index is -0.0880. The quantitative estimate of drug-likeness (QED) is 0.747. The molecule has 2 N–H and O–H groups in total. The normalized spacial score (nSPS) is 19.1. The molecule has 1 unspecified atom stereocenters. The summed E-state index contributed by atoms with van der Waals surface area (Å²) in [7, 11) is 0. The molecule has 0 radical (unpaired) electrons. The maximum Gasteiger partial charge on any atom is 0.230 e. The van der Waals surface area contributed by atoms with Crippen LogP contribution in [-0.2, 0) is 16.1 Å². The van der Waals surface area contributed by atoms with Crippen molar-refractivity contribution in [2.24, 2.45) is 16.6 Å². The van der Waals surface area contributed by atoms with Crippen LogP contribution in [-0.4, -0.2) is 35.8 Å². The van der Waals surface area contributed by atoms with Crippen molar-refractivity contribution in [3.63, 3.8) is 0 Å². The van der Waals surface area contributed by atoms with Crippen LogP contribution in [0.1, 0.15) is 43.7 Å². The molecule has 2 aliphatic rings. The highest BCUT2D eigenvalue weighted by Crippen LogP contribution is 2.41. The second-order valence-corrected chi connectivity index (χ2v) is 8.19. The second-order valence-electron chi connectivity index (χ2n) is 8.19. The smallest absolute Gasteiger partial charge is 0.230 e. The van der Waals surface area contributed by atoms with E-state index in [4.69, 9.17) is 10.3 Å². The van der Waals surface area contributed by atoms with Gasteiger partial charge in [0, 0.05) is 43.4 Å². The molecule has 0 saturated heterocycles. The number of hydrogen-bond donors (Lipinski definition) is 1. The molecule has 0 bridgehead atoms. The van der Waals surface area contributed by atoms with E-state index in [-0.39, 0.29) is 23.8 Å². The van der Waals surface area contributed by atoms with Gasteiger partial charge in [0.25, 0.3) is 0 Å². The van der Waals surface area contributed by atoms with Gasteiger partial charge in [0.2, 0.25) is 11.8 Å². The zero-order chi connectivity index (χ0) is 22.1. The van der Waals surface area contributed by atoms with Crippen molar-refractivity contribution in [3.8, 4) is 0 Å². The number of aromatic nitrogens is 1. The molecule has 1 aliphatic carbocycles. The SMILES string of the molecule is CC(=O)N1c2ccc(C(C=NCc3cc(C)no3)=CN)cc2N(C(=O)C2CC2)CC1C. The number of benzene rings is 1. The van der Waals surface area contributed by atoms with E-state index in [0.717, 1.165) is 35.5 Å². The second kappa shape index (κ2) is 8.37. The van der Waals surface area contributed by atoms with Crippen molar-refractivity contribution in [3.05, 3.63) is 47.5 Å². The summed E-state index contributed by atoms with van der Waals surface area (Å²) in [6, 6.07) is 7.44. The number of anilines is 2. The number of carbonyl (C=O) groups is 2. The lowest BCUT2D eigenvalue weighted by Gasteiger charge is -2.41. The number of rotatable bonds is 5. The molecule has 31 heavy (non-hydrogen) atoms. The van der Waals surface area contributed by atoms with E-state index in [1.807, 2.05) is 43.0 Å². The number of aliphatic imine (C=N–C) groups is 1. The van der Waals surface area contributed by atoms with E-state index < -0.39 is 0 Å². The summed E-state index contributed by atoms with van der Waals surface area (Å²) in [5.41, 5.74) is 9.71. The van der Waals surface area contributed by atoms with E-state index in [9.17, 15) is 9.59 Å². The molecule has 2 amide bonds. The van der Waals surface area contributed by atoms with Crippen LogP contribution in [0, 0.1) is 12.8 Å². The molecular weight excluding hydrogens is 394 g/mol. The van der Waals surface area contributed by atoms with Gasteiger partial charge in [-0.1, -0.05) is 11.2 Å². The van der Waals surface area contributed by atoms with Gasteiger partial charge in [0.05, 0.1) is 29.7 Å². The van der Waals surface area contributed by atoms with Crippen LogP contribution in [0.2, 0.25) is 0 Å².